The fourth-order valence-corrected chi connectivity index (χ4v) is 3.77. The van der Waals surface area contributed by atoms with Crippen LogP contribution in [0.3, 0.4) is 0 Å². The van der Waals surface area contributed by atoms with E-state index in [0.29, 0.717) is 0 Å². The van der Waals surface area contributed by atoms with Crippen LogP contribution in [-0.2, 0) is 6.54 Å². The van der Waals surface area contributed by atoms with E-state index in [1.165, 1.54) is 10.9 Å². The number of ether oxygens (including phenoxy) is 1. The number of aromatic nitrogens is 1. The van der Waals surface area contributed by atoms with Crippen molar-refractivity contribution >= 4 is 33.9 Å². The Kier molecular flexibility index (Phi) is 7.49. The summed E-state index contributed by atoms with van der Waals surface area (Å²) in [6, 6.07) is 16.3. The Morgan fingerprint density at radius 1 is 1.10 bits per heavy atom. The minimum absolute atomic E-state index is 0.743. The van der Waals surface area contributed by atoms with Gasteiger partial charge in [0.05, 0.1) is 33.3 Å². The van der Waals surface area contributed by atoms with E-state index in [2.05, 4.69) is 59.5 Å². The average molecular weight is 412 g/mol. The molecule has 1 heterocycles. The van der Waals surface area contributed by atoms with Crippen molar-refractivity contribution in [3.05, 3.63) is 60.3 Å². The lowest BCUT2D eigenvalue weighted by Crippen LogP contribution is -3.12. The van der Waals surface area contributed by atoms with Crippen molar-refractivity contribution in [2.24, 2.45) is 0 Å². The van der Waals surface area contributed by atoms with E-state index in [-0.39, 0.29) is 0 Å². The second kappa shape index (κ2) is 10.3. The number of anilines is 1. The van der Waals surface area contributed by atoms with Gasteiger partial charge >= 0.3 is 0 Å². The molecule has 0 aliphatic heterocycles. The van der Waals surface area contributed by atoms with Crippen LogP contribution in [0.25, 0.3) is 10.9 Å². The van der Waals surface area contributed by atoms with E-state index < -0.39 is 0 Å². The molecule has 2 aromatic carbocycles. The van der Waals surface area contributed by atoms with Crippen LogP contribution < -0.4 is 15.0 Å². The second-order valence-electron chi connectivity index (χ2n) is 7.15. The van der Waals surface area contributed by atoms with Crippen LogP contribution in [0.5, 0.6) is 5.75 Å². The molecule has 0 fully saturated rings. The van der Waals surface area contributed by atoms with Crippen molar-refractivity contribution in [2.45, 2.75) is 20.4 Å². The van der Waals surface area contributed by atoms with Crippen molar-refractivity contribution in [1.82, 2.24) is 9.88 Å². The summed E-state index contributed by atoms with van der Waals surface area (Å²) in [5.41, 5.74) is 3.38. The average Bonchev–Trinajstić information content (AvgIpc) is 3.17. The van der Waals surface area contributed by atoms with Gasteiger partial charge in [0.25, 0.3) is 0 Å². The van der Waals surface area contributed by atoms with Gasteiger partial charge in [0.1, 0.15) is 5.75 Å². The van der Waals surface area contributed by atoms with Crippen LogP contribution in [0.2, 0.25) is 0 Å². The molecular weight excluding hydrogens is 380 g/mol. The van der Waals surface area contributed by atoms with E-state index in [0.717, 1.165) is 54.8 Å². The summed E-state index contributed by atoms with van der Waals surface area (Å²) in [6.07, 6.45) is 2.10. The minimum atomic E-state index is 0.743. The van der Waals surface area contributed by atoms with Crippen LogP contribution in [0, 0.1) is 0 Å². The Morgan fingerprint density at radius 3 is 2.52 bits per heavy atom. The van der Waals surface area contributed by atoms with E-state index in [1.54, 1.807) is 12.0 Å². The van der Waals surface area contributed by atoms with Crippen molar-refractivity contribution in [3.8, 4) is 5.75 Å². The molecule has 0 spiro atoms. The first-order chi connectivity index (χ1) is 14.1. The van der Waals surface area contributed by atoms with Gasteiger partial charge in [0, 0.05) is 29.3 Å². The number of nitrogens with zero attached hydrogens (tertiary/aromatic N) is 1. The first-order valence-corrected chi connectivity index (χ1v) is 10.6. The molecule has 6 heteroatoms. The van der Waals surface area contributed by atoms with Gasteiger partial charge in [-0.3, -0.25) is 0 Å². The number of likely N-dealkylation sites (N-methyl/N-ethyl adjacent to an activating group) is 1. The molecule has 154 valence electrons. The normalized spacial score (nSPS) is 11.0. The number of benzene rings is 2. The van der Waals surface area contributed by atoms with Crippen LogP contribution in [0.15, 0.2) is 54.7 Å². The van der Waals surface area contributed by atoms with E-state index >= 15 is 0 Å². The lowest BCUT2D eigenvalue weighted by Gasteiger charge is -2.27. The van der Waals surface area contributed by atoms with Gasteiger partial charge in [-0.15, -0.1) is 0 Å². The van der Waals surface area contributed by atoms with Crippen molar-refractivity contribution < 1.29 is 9.64 Å². The van der Waals surface area contributed by atoms with Crippen molar-refractivity contribution in [1.29, 1.82) is 0 Å². The van der Waals surface area contributed by atoms with Gasteiger partial charge < -0.3 is 24.8 Å². The van der Waals surface area contributed by atoms with Crippen LogP contribution in [-0.4, -0.2) is 48.3 Å². The summed E-state index contributed by atoms with van der Waals surface area (Å²) in [6.45, 7) is 9.44. The molecule has 0 unspecified atom stereocenters. The SMILES string of the molecule is CC[NH+](CC)CCN(Cc1c[nH]c2ccccc12)C(=S)Nc1ccc(OC)cc1. The van der Waals surface area contributed by atoms with Crippen LogP contribution in [0.4, 0.5) is 5.69 Å². The summed E-state index contributed by atoms with van der Waals surface area (Å²) < 4.78 is 5.24. The summed E-state index contributed by atoms with van der Waals surface area (Å²) in [5, 5.41) is 5.39. The van der Waals surface area contributed by atoms with Gasteiger partial charge in [0.2, 0.25) is 0 Å². The number of para-hydroxylation sites is 1. The summed E-state index contributed by atoms with van der Waals surface area (Å²) in [5.74, 6) is 0.835. The third-order valence-corrected chi connectivity index (χ3v) is 5.76. The number of fused-ring (bicyclic) bond motifs is 1. The molecule has 3 N–H and O–H groups in total. The lowest BCUT2D eigenvalue weighted by molar-refractivity contribution is -0.895. The third-order valence-electron chi connectivity index (χ3n) is 5.40. The highest BCUT2D eigenvalue weighted by Crippen LogP contribution is 2.20. The summed E-state index contributed by atoms with van der Waals surface area (Å²) in [4.78, 5) is 7.21. The molecule has 0 amide bonds. The summed E-state index contributed by atoms with van der Waals surface area (Å²) in [7, 11) is 1.67. The number of hydrogen-bond acceptors (Lipinski definition) is 2. The first-order valence-electron chi connectivity index (χ1n) is 10.2. The number of rotatable bonds is 9. The van der Waals surface area contributed by atoms with Gasteiger partial charge in [0.15, 0.2) is 5.11 Å². The number of H-pyrrole nitrogens is 1. The molecule has 0 aliphatic carbocycles. The van der Waals surface area contributed by atoms with E-state index in [1.807, 2.05) is 24.3 Å². The Morgan fingerprint density at radius 2 is 1.83 bits per heavy atom. The van der Waals surface area contributed by atoms with Gasteiger partial charge in [-0.1, -0.05) is 18.2 Å². The molecule has 3 rings (SSSR count). The largest absolute Gasteiger partial charge is 0.497 e. The topological polar surface area (TPSA) is 44.7 Å². The maximum absolute atomic E-state index is 5.80. The smallest absolute Gasteiger partial charge is 0.173 e. The second-order valence-corrected chi connectivity index (χ2v) is 7.53. The first kappa shape index (κ1) is 21.1. The van der Waals surface area contributed by atoms with E-state index in [9.17, 15) is 0 Å². The standard InChI is InChI=1S/C23H30N4OS/c1-4-26(5-2)14-15-27(17-18-16-24-22-9-7-6-8-21(18)22)23(29)25-19-10-12-20(28-3)13-11-19/h6-13,16,24H,4-5,14-15,17H2,1-3H3,(H,25,29)/p+1. The Hall–Kier alpha value is -2.57. The molecule has 0 aliphatic rings. The monoisotopic (exact) mass is 411 g/mol. The zero-order valence-electron chi connectivity index (χ0n) is 17.5. The van der Waals surface area contributed by atoms with Gasteiger partial charge in [-0.2, -0.15) is 0 Å². The predicted molar refractivity (Wildman–Crippen MR) is 125 cm³/mol. The maximum Gasteiger partial charge on any atom is 0.173 e. The highest BCUT2D eigenvalue weighted by Gasteiger charge is 2.16. The maximum atomic E-state index is 5.80. The molecule has 29 heavy (non-hydrogen) atoms. The molecule has 0 bridgehead atoms. The van der Waals surface area contributed by atoms with Crippen LogP contribution >= 0.6 is 12.2 Å². The third kappa shape index (κ3) is 5.49. The number of nitrogens with one attached hydrogen (secondary N) is 3. The minimum Gasteiger partial charge on any atom is -0.497 e. The Labute approximate surface area is 178 Å². The zero-order chi connectivity index (χ0) is 20.6. The van der Waals surface area contributed by atoms with Crippen LogP contribution in [0.1, 0.15) is 19.4 Å². The highest BCUT2D eigenvalue weighted by atomic mass is 32.1. The number of methoxy groups -OCH3 is 1. The fraction of sp³-hybridized carbons (Fsp3) is 0.348. The molecule has 5 nitrogen and oxygen atoms in total. The molecule has 0 atom stereocenters. The van der Waals surface area contributed by atoms with Crippen molar-refractivity contribution in [2.75, 3.05) is 38.6 Å². The van der Waals surface area contributed by atoms with E-state index in [4.69, 9.17) is 17.0 Å². The molecule has 0 saturated carbocycles. The molecule has 1 aromatic heterocycles. The zero-order valence-corrected chi connectivity index (χ0v) is 18.3. The molecule has 3 aromatic rings. The number of hydrogen-bond donors (Lipinski definition) is 3. The quantitative estimate of drug-likeness (QED) is 0.473. The number of quaternary nitrogens is 1. The molecular formula is C23H31N4OS+. The van der Waals surface area contributed by atoms with Gasteiger partial charge in [-0.05, 0) is 62.0 Å². The highest BCUT2D eigenvalue weighted by molar-refractivity contribution is 7.80. The molecule has 0 saturated heterocycles. The molecule has 0 radical (unpaired) electrons. The fourth-order valence-electron chi connectivity index (χ4n) is 3.49. The summed E-state index contributed by atoms with van der Waals surface area (Å²) >= 11 is 5.80. The Bertz CT molecular complexity index is 918. The number of thiocarbonyl (C=S) groups is 1. The predicted octanol–water partition coefficient (Wildman–Crippen LogP) is 3.30. The number of aromatic amines is 1. The Balaban J connectivity index is 1.76. The van der Waals surface area contributed by atoms with Crippen molar-refractivity contribution in [3.63, 3.8) is 0 Å². The lowest BCUT2D eigenvalue weighted by atomic mass is 10.1. The van der Waals surface area contributed by atoms with Gasteiger partial charge in [-0.25, -0.2) is 0 Å².